The fraction of sp³-hybridized carbons (Fsp3) is 0.200. The molecule has 0 atom stereocenters. The summed E-state index contributed by atoms with van der Waals surface area (Å²) in [7, 11) is 0. The molecule has 0 saturated carbocycles. The highest BCUT2D eigenvalue weighted by Gasteiger charge is 1.99. The lowest BCUT2D eigenvalue weighted by molar-refractivity contribution is 0.233. The topological polar surface area (TPSA) is 38.7 Å². The Balaban J connectivity index is 1.99. The summed E-state index contributed by atoms with van der Waals surface area (Å²) >= 11 is 0. The van der Waals surface area contributed by atoms with Crippen molar-refractivity contribution in [1.82, 2.24) is 0 Å². The van der Waals surface area contributed by atoms with Crippen molar-refractivity contribution in [1.29, 1.82) is 0 Å². The molecular formula is C15H16O3. The van der Waals surface area contributed by atoms with Crippen LogP contribution in [0.4, 0.5) is 0 Å². The maximum Gasteiger partial charge on any atom is 0.131 e. The van der Waals surface area contributed by atoms with Crippen LogP contribution in [0, 0.1) is 0 Å². The minimum absolute atomic E-state index is 0.139. The highest BCUT2D eigenvalue weighted by Crippen LogP contribution is 2.24. The third kappa shape index (κ3) is 3.79. The summed E-state index contributed by atoms with van der Waals surface area (Å²) in [5.41, 5.74) is 0. The number of ether oxygens (including phenoxy) is 2. The summed E-state index contributed by atoms with van der Waals surface area (Å²) in [5.74, 6) is 2.28. The predicted octanol–water partition coefficient (Wildman–Crippen LogP) is 3.24. The van der Waals surface area contributed by atoms with Gasteiger partial charge in [0, 0.05) is 19.1 Å². The molecule has 0 aromatic heterocycles. The predicted molar refractivity (Wildman–Crippen MR) is 70.2 cm³/mol. The van der Waals surface area contributed by atoms with Gasteiger partial charge in [0.05, 0.1) is 6.61 Å². The first kappa shape index (κ1) is 12.5. The fourth-order valence-corrected chi connectivity index (χ4v) is 1.51. The maximum atomic E-state index is 8.69. The van der Waals surface area contributed by atoms with Gasteiger partial charge in [0.1, 0.15) is 17.2 Å². The molecule has 0 amide bonds. The van der Waals surface area contributed by atoms with Crippen LogP contribution < -0.4 is 9.47 Å². The normalized spacial score (nSPS) is 10.1. The molecule has 0 saturated heterocycles. The zero-order valence-electron chi connectivity index (χ0n) is 10.1. The van der Waals surface area contributed by atoms with E-state index in [0.717, 1.165) is 17.2 Å². The van der Waals surface area contributed by atoms with Gasteiger partial charge >= 0.3 is 0 Å². The van der Waals surface area contributed by atoms with Crippen molar-refractivity contribution in [3.05, 3.63) is 54.6 Å². The second-order valence-electron chi connectivity index (χ2n) is 3.82. The summed E-state index contributed by atoms with van der Waals surface area (Å²) in [6.45, 7) is 0.644. The van der Waals surface area contributed by atoms with Crippen LogP contribution in [0.2, 0.25) is 0 Å². The second kappa shape index (κ2) is 6.67. The lowest BCUT2D eigenvalue weighted by atomic mass is 10.3. The average molecular weight is 244 g/mol. The molecule has 0 heterocycles. The first-order chi connectivity index (χ1) is 8.88. The lowest BCUT2D eigenvalue weighted by Crippen LogP contribution is -1.99. The van der Waals surface area contributed by atoms with Crippen LogP contribution in [0.15, 0.2) is 54.6 Å². The van der Waals surface area contributed by atoms with E-state index in [-0.39, 0.29) is 6.61 Å². The summed E-state index contributed by atoms with van der Waals surface area (Å²) in [6, 6.07) is 17.1. The van der Waals surface area contributed by atoms with Crippen LogP contribution in [0.3, 0.4) is 0 Å². The Morgan fingerprint density at radius 1 is 0.833 bits per heavy atom. The van der Waals surface area contributed by atoms with Gasteiger partial charge in [-0.3, -0.25) is 0 Å². The molecule has 0 aliphatic rings. The molecule has 94 valence electrons. The van der Waals surface area contributed by atoms with Gasteiger partial charge in [-0.2, -0.15) is 0 Å². The SMILES string of the molecule is OCCCOc1cccc(Oc2ccccc2)c1. The zero-order valence-corrected chi connectivity index (χ0v) is 10.1. The monoisotopic (exact) mass is 244 g/mol. The van der Waals surface area contributed by atoms with Crippen molar-refractivity contribution in [3.8, 4) is 17.2 Å². The highest BCUT2D eigenvalue weighted by molar-refractivity contribution is 5.36. The van der Waals surface area contributed by atoms with Crippen LogP contribution in [0.1, 0.15) is 6.42 Å². The molecule has 3 nitrogen and oxygen atoms in total. The molecule has 2 aromatic carbocycles. The van der Waals surface area contributed by atoms with Crippen LogP contribution in [0.25, 0.3) is 0 Å². The minimum Gasteiger partial charge on any atom is -0.493 e. The number of para-hydroxylation sites is 1. The standard InChI is InChI=1S/C15H16O3/c16-10-5-11-17-14-8-4-9-15(12-14)18-13-6-2-1-3-7-13/h1-4,6-9,12,16H,5,10-11H2. The Morgan fingerprint density at radius 2 is 1.56 bits per heavy atom. The number of aliphatic hydroxyl groups is 1. The number of aliphatic hydroxyl groups excluding tert-OH is 1. The summed E-state index contributed by atoms with van der Waals surface area (Å²) < 4.78 is 11.2. The Bertz CT molecular complexity index is 468. The Labute approximate surface area is 107 Å². The zero-order chi connectivity index (χ0) is 12.6. The van der Waals surface area contributed by atoms with Crippen molar-refractivity contribution in [3.63, 3.8) is 0 Å². The molecule has 0 bridgehead atoms. The molecule has 3 heteroatoms. The smallest absolute Gasteiger partial charge is 0.131 e. The van der Waals surface area contributed by atoms with E-state index in [0.29, 0.717) is 13.0 Å². The average Bonchev–Trinajstić information content (AvgIpc) is 2.41. The molecule has 0 fully saturated rings. The van der Waals surface area contributed by atoms with Crippen molar-refractivity contribution < 1.29 is 14.6 Å². The quantitative estimate of drug-likeness (QED) is 0.793. The van der Waals surface area contributed by atoms with E-state index in [2.05, 4.69) is 0 Å². The van der Waals surface area contributed by atoms with Crippen molar-refractivity contribution in [2.75, 3.05) is 13.2 Å². The maximum absolute atomic E-state index is 8.69. The van der Waals surface area contributed by atoms with E-state index in [4.69, 9.17) is 14.6 Å². The third-order valence-corrected chi connectivity index (χ3v) is 2.36. The molecule has 0 spiro atoms. The molecule has 2 rings (SSSR count). The van der Waals surface area contributed by atoms with Crippen LogP contribution >= 0.6 is 0 Å². The first-order valence-corrected chi connectivity index (χ1v) is 5.95. The second-order valence-corrected chi connectivity index (χ2v) is 3.82. The van der Waals surface area contributed by atoms with E-state index < -0.39 is 0 Å². The van der Waals surface area contributed by atoms with Gasteiger partial charge in [0.25, 0.3) is 0 Å². The van der Waals surface area contributed by atoms with Gasteiger partial charge in [-0.05, 0) is 24.3 Å². The van der Waals surface area contributed by atoms with Gasteiger partial charge < -0.3 is 14.6 Å². The van der Waals surface area contributed by atoms with Crippen LogP contribution in [0.5, 0.6) is 17.2 Å². The summed E-state index contributed by atoms with van der Waals surface area (Å²) in [5, 5.41) is 8.69. The van der Waals surface area contributed by atoms with E-state index in [1.54, 1.807) is 0 Å². The number of hydrogen-bond acceptors (Lipinski definition) is 3. The molecule has 1 N–H and O–H groups in total. The van der Waals surface area contributed by atoms with Gasteiger partial charge in [-0.15, -0.1) is 0 Å². The number of benzene rings is 2. The molecule has 0 unspecified atom stereocenters. The van der Waals surface area contributed by atoms with E-state index in [1.165, 1.54) is 0 Å². The van der Waals surface area contributed by atoms with Gasteiger partial charge in [0.2, 0.25) is 0 Å². The van der Waals surface area contributed by atoms with Crippen LogP contribution in [-0.2, 0) is 0 Å². The molecule has 2 aromatic rings. The molecular weight excluding hydrogens is 228 g/mol. The third-order valence-electron chi connectivity index (χ3n) is 2.36. The first-order valence-electron chi connectivity index (χ1n) is 5.95. The highest BCUT2D eigenvalue weighted by atomic mass is 16.5. The van der Waals surface area contributed by atoms with Crippen LogP contribution in [-0.4, -0.2) is 18.3 Å². The Kier molecular flexibility index (Phi) is 4.61. The van der Waals surface area contributed by atoms with E-state index in [1.807, 2.05) is 54.6 Å². The van der Waals surface area contributed by atoms with E-state index >= 15 is 0 Å². The van der Waals surface area contributed by atoms with E-state index in [9.17, 15) is 0 Å². The number of hydrogen-bond donors (Lipinski definition) is 1. The fourth-order valence-electron chi connectivity index (χ4n) is 1.51. The van der Waals surface area contributed by atoms with Gasteiger partial charge in [0.15, 0.2) is 0 Å². The van der Waals surface area contributed by atoms with Gasteiger partial charge in [-0.1, -0.05) is 24.3 Å². The van der Waals surface area contributed by atoms with Crippen molar-refractivity contribution in [2.45, 2.75) is 6.42 Å². The summed E-state index contributed by atoms with van der Waals surface area (Å²) in [6.07, 6.45) is 0.629. The molecule has 18 heavy (non-hydrogen) atoms. The number of rotatable bonds is 6. The Hall–Kier alpha value is -2.00. The summed E-state index contributed by atoms with van der Waals surface area (Å²) in [4.78, 5) is 0. The van der Waals surface area contributed by atoms with Crippen molar-refractivity contribution >= 4 is 0 Å². The minimum atomic E-state index is 0.139. The van der Waals surface area contributed by atoms with Crippen molar-refractivity contribution in [2.24, 2.45) is 0 Å². The molecule has 0 aliphatic heterocycles. The molecule has 0 aliphatic carbocycles. The largest absolute Gasteiger partial charge is 0.493 e. The van der Waals surface area contributed by atoms with Gasteiger partial charge in [-0.25, -0.2) is 0 Å². The lowest BCUT2D eigenvalue weighted by Gasteiger charge is -2.08. The Morgan fingerprint density at radius 3 is 2.33 bits per heavy atom. The molecule has 0 radical (unpaired) electrons.